The molecule has 0 radical (unpaired) electrons. The van der Waals surface area contributed by atoms with Crippen LogP contribution in [-0.4, -0.2) is 38.0 Å². The molecule has 6 nitrogen and oxygen atoms in total. The van der Waals surface area contributed by atoms with Gasteiger partial charge in [0.25, 0.3) is 15.9 Å². The predicted octanol–water partition coefficient (Wildman–Crippen LogP) is 3.31. The first-order chi connectivity index (χ1) is 12.8. The molecule has 0 aliphatic carbocycles. The van der Waals surface area contributed by atoms with Crippen LogP contribution in [0.25, 0.3) is 0 Å². The van der Waals surface area contributed by atoms with E-state index in [0.717, 1.165) is 5.56 Å². The molecule has 0 saturated carbocycles. The van der Waals surface area contributed by atoms with E-state index in [9.17, 15) is 13.2 Å². The van der Waals surface area contributed by atoms with Gasteiger partial charge < -0.3 is 4.90 Å². The standard InChI is InChI=1S/C19H22BrN3O3S/c1-4-23(5-2)19(24)18(16-8-6-7-9-17(16)20)21-22-27(25,26)15-12-10-14(3)11-13-15/h6-13,22H,4-5H2,1-3H3/b21-18+. The van der Waals surface area contributed by atoms with E-state index in [-0.39, 0.29) is 16.5 Å². The minimum atomic E-state index is -3.89. The van der Waals surface area contributed by atoms with Gasteiger partial charge in [0.1, 0.15) is 0 Å². The van der Waals surface area contributed by atoms with Gasteiger partial charge in [-0.25, -0.2) is 0 Å². The minimum absolute atomic E-state index is 0.0295. The van der Waals surface area contributed by atoms with Crippen molar-refractivity contribution in [2.24, 2.45) is 5.10 Å². The summed E-state index contributed by atoms with van der Waals surface area (Å²) in [6.07, 6.45) is 0. The molecule has 0 aliphatic rings. The zero-order valence-corrected chi connectivity index (χ0v) is 17.8. The summed E-state index contributed by atoms with van der Waals surface area (Å²) in [7, 11) is -3.89. The molecule has 0 aromatic heterocycles. The smallest absolute Gasteiger partial charge is 0.276 e. The van der Waals surface area contributed by atoms with Crippen LogP contribution < -0.4 is 4.83 Å². The first kappa shape index (κ1) is 21.1. The number of nitrogens with zero attached hydrogens (tertiary/aromatic N) is 2. The molecule has 27 heavy (non-hydrogen) atoms. The summed E-state index contributed by atoms with van der Waals surface area (Å²) in [5, 5.41) is 4.00. The molecule has 0 spiro atoms. The Kier molecular flexibility index (Phi) is 7.15. The predicted molar refractivity (Wildman–Crippen MR) is 110 cm³/mol. The topological polar surface area (TPSA) is 78.8 Å². The molecule has 0 saturated heterocycles. The highest BCUT2D eigenvalue weighted by molar-refractivity contribution is 9.10. The molecule has 0 unspecified atom stereocenters. The van der Waals surface area contributed by atoms with Crippen molar-refractivity contribution >= 4 is 37.6 Å². The van der Waals surface area contributed by atoms with Crippen LogP contribution in [0.4, 0.5) is 0 Å². The third-order valence-corrected chi connectivity index (χ3v) is 5.91. The van der Waals surface area contributed by atoms with Gasteiger partial charge in [0.05, 0.1) is 4.90 Å². The van der Waals surface area contributed by atoms with Gasteiger partial charge in [0.15, 0.2) is 5.71 Å². The molecule has 144 valence electrons. The number of carbonyl (C=O) groups excluding carboxylic acids is 1. The van der Waals surface area contributed by atoms with E-state index in [2.05, 4.69) is 25.9 Å². The first-order valence-electron chi connectivity index (χ1n) is 8.50. The lowest BCUT2D eigenvalue weighted by atomic mass is 10.1. The number of carbonyl (C=O) groups is 1. The second-order valence-corrected chi connectivity index (χ2v) is 8.34. The highest BCUT2D eigenvalue weighted by Gasteiger charge is 2.23. The van der Waals surface area contributed by atoms with E-state index in [1.165, 1.54) is 12.1 Å². The quantitative estimate of drug-likeness (QED) is 0.517. The van der Waals surface area contributed by atoms with Crippen molar-refractivity contribution in [1.82, 2.24) is 9.73 Å². The Bertz CT molecular complexity index is 937. The number of sulfonamides is 1. The Labute approximate surface area is 168 Å². The number of nitrogens with one attached hydrogen (secondary N) is 1. The molecule has 2 aromatic carbocycles. The Morgan fingerprint density at radius 3 is 2.22 bits per heavy atom. The normalized spacial score (nSPS) is 11.9. The van der Waals surface area contributed by atoms with Gasteiger partial charge in [0.2, 0.25) is 0 Å². The summed E-state index contributed by atoms with van der Waals surface area (Å²) in [6.45, 7) is 6.56. The second kappa shape index (κ2) is 9.14. The number of benzene rings is 2. The van der Waals surface area contributed by atoms with Crippen LogP contribution in [0.15, 0.2) is 63.0 Å². The Morgan fingerprint density at radius 2 is 1.67 bits per heavy atom. The van der Waals surface area contributed by atoms with Crippen LogP contribution in [-0.2, 0) is 14.8 Å². The fraction of sp³-hybridized carbons (Fsp3) is 0.263. The maximum Gasteiger partial charge on any atom is 0.276 e. The number of hydrogen-bond donors (Lipinski definition) is 1. The van der Waals surface area contributed by atoms with Gasteiger partial charge in [-0.3, -0.25) is 4.79 Å². The van der Waals surface area contributed by atoms with E-state index in [1.54, 1.807) is 35.2 Å². The highest BCUT2D eigenvalue weighted by atomic mass is 79.9. The third kappa shape index (κ3) is 5.17. The van der Waals surface area contributed by atoms with Crippen molar-refractivity contribution in [3.05, 3.63) is 64.1 Å². The van der Waals surface area contributed by atoms with Crippen molar-refractivity contribution in [3.8, 4) is 0 Å². The van der Waals surface area contributed by atoms with Crippen molar-refractivity contribution < 1.29 is 13.2 Å². The van der Waals surface area contributed by atoms with Crippen LogP contribution in [0.5, 0.6) is 0 Å². The fourth-order valence-electron chi connectivity index (χ4n) is 2.41. The summed E-state index contributed by atoms with van der Waals surface area (Å²) >= 11 is 3.40. The molecule has 1 N–H and O–H groups in total. The summed E-state index contributed by atoms with van der Waals surface area (Å²) in [5.74, 6) is -0.349. The maximum absolute atomic E-state index is 12.9. The molecule has 2 aromatic rings. The summed E-state index contributed by atoms with van der Waals surface area (Å²) in [6, 6.07) is 13.5. The number of aryl methyl sites for hydroxylation is 1. The Balaban J connectivity index is 2.45. The van der Waals surface area contributed by atoms with Crippen LogP contribution in [0.1, 0.15) is 25.0 Å². The van der Waals surface area contributed by atoms with Gasteiger partial charge in [-0.1, -0.05) is 51.8 Å². The molecular formula is C19H22BrN3O3S. The average molecular weight is 452 g/mol. The molecule has 2 rings (SSSR count). The SMILES string of the molecule is CCN(CC)C(=O)/C(=N/NS(=O)(=O)c1ccc(C)cc1)c1ccccc1Br. The lowest BCUT2D eigenvalue weighted by molar-refractivity contribution is -0.123. The molecule has 0 bridgehead atoms. The molecule has 8 heteroatoms. The Morgan fingerprint density at radius 1 is 1.07 bits per heavy atom. The summed E-state index contributed by atoms with van der Waals surface area (Å²) < 4.78 is 25.7. The van der Waals surface area contributed by atoms with Crippen LogP contribution >= 0.6 is 15.9 Å². The zero-order chi connectivity index (χ0) is 20.0. The number of likely N-dealkylation sites (N-methyl/N-ethyl adjacent to an activating group) is 1. The molecule has 1 amide bonds. The number of hydrogen-bond acceptors (Lipinski definition) is 4. The number of rotatable bonds is 7. The van der Waals surface area contributed by atoms with Gasteiger partial charge in [-0.05, 0) is 39.0 Å². The zero-order valence-electron chi connectivity index (χ0n) is 15.4. The van der Waals surface area contributed by atoms with Gasteiger partial charge in [0, 0.05) is 23.1 Å². The molecular weight excluding hydrogens is 430 g/mol. The van der Waals surface area contributed by atoms with E-state index < -0.39 is 10.0 Å². The van der Waals surface area contributed by atoms with Crippen LogP contribution in [0, 0.1) is 6.92 Å². The third-order valence-electron chi connectivity index (χ3n) is 3.99. The molecule has 0 fully saturated rings. The Hall–Kier alpha value is -2.19. The highest BCUT2D eigenvalue weighted by Crippen LogP contribution is 2.18. The van der Waals surface area contributed by atoms with Gasteiger partial charge in [-0.15, -0.1) is 0 Å². The van der Waals surface area contributed by atoms with E-state index in [4.69, 9.17) is 0 Å². The van der Waals surface area contributed by atoms with E-state index in [0.29, 0.717) is 23.1 Å². The average Bonchev–Trinajstić information content (AvgIpc) is 2.64. The van der Waals surface area contributed by atoms with Gasteiger partial charge >= 0.3 is 0 Å². The number of amides is 1. The fourth-order valence-corrected chi connectivity index (χ4v) is 3.70. The lowest BCUT2D eigenvalue weighted by Crippen LogP contribution is -2.38. The largest absolute Gasteiger partial charge is 0.338 e. The monoisotopic (exact) mass is 451 g/mol. The van der Waals surface area contributed by atoms with Crippen LogP contribution in [0.2, 0.25) is 0 Å². The molecule has 0 atom stereocenters. The van der Waals surface area contributed by atoms with E-state index in [1.807, 2.05) is 26.8 Å². The van der Waals surface area contributed by atoms with Crippen molar-refractivity contribution in [3.63, 3.8) is 0 Å². The van der Waals surface area contributed by atoms with E-state index >= 15 is 0 Å². The van der Waals surface area contributed by atoms with Crippen LogP contribution in [0.3, 0.4) is 0 Å². The molecule has 0 aliphatic heterocycles. The van der Waals surface area contributed by atoms with Crippen molar-refractivity contribution in [2.75, 3.05) is 13.1 Å². The lowest BCUT2D eigenvalue weighted by Gasteiger charge is -2.20. The van der Waals surface area contributed by atoms with Crippen molar-refractivity contribution in [1.29, 1.82) is 0 Å². The maximum atomic E-state index is 12.9. The first-order valence-corrected chi connectivity index (χ1v) is 10.8. The number of halogens is 1. The second-order valence-electron chi connectivity index (χ2n) is 5.83. The summed E-state index contributed by atoms with van der Waals surface area (Å²) in [4.78, 5) is 16.8. The summed E-state index contributed by atoms with van der Waals surface area (Å²) in [5.41, 5.74) is 1.49. The number of hydrazone groups is 1. The van der Waals surface area contributed by atoms with Crippen molar-refractivity contribution in [2.45, 2.75) is 25.7 Å². The molecule has 0 heterocycles. The van der Waals surface area contributed by atoms with Gasteiger partial charge in [-0.2, -0.15) is 18.4 Å². The minimum Gasteiger partial charge on any atom is -0.338 e.